The highest BCUT2D eigenvalue weighted by molar-refractivity contribution is 7.17. The Hall–Kier alpha value is -2.22. The van der Waals surface area contributed by atoms with Gasteiger partial charge in [-0.05, 0) is 43.2 Å². The van der Waals surface area contributed by atoms with Gasteiger partial charge in [0.15, 0.2) is 0 Å². The minimum atomic E-state index is -0.481. The number of nitrogens with zero attached hydrogens (tertiary/aromatic N) is 1. The monoisotopic (exact) mass is 401 g/mol. The number of rotatable bonds is 9. The Morgan fingerprint density at radius 1 is 1.14 bits per heavy atom. The smallest absolute Gasteiger partial charge is 0.251 e. The summed E-state index contributed by atoms with van der Waals surface area (Å²) in [7, 11) is 0. The summed E-state index contributed by atoms with van der Waals surface area (Å²) in [6.45, 7) is 1.24. The van der Waals surface area contributed by atoms with Gasteiger partial charge in [0.05, 0.1) is 18.7 Å². The summed E-state index contributed by atoms with van der Waals surface area (Å²) in [6.07, 6.45) is 4.72. The van der Waals surface area contributed by atoms with Gasteiger partial charge < -0.3 is 16.2 Å². The molecule has 2 aromatic rings. The first-order chi connectivity index (χ1) is 13.6. The number of amides is 2. The number of nitrogens with two attached hydrogens (primary N) is 1. The predicted molar refractivity (Wildman–Crippen MR) is 112 cm³/mol. The average Bonchev–Trinajstić information content (AvgIpc) is 3.05. The van der Waals surface area contributed by atoms with Gasteiger partial charge in [0.2, 0.25) is 5.91 Å². The molecule has 3 rings (SSSR count). The lowest BCUT2D eigenvalue weighted by atomic mass is 9.95. The summed E-state index contributed by atoms with van der Waals surface area (Å²) in [4.78, 5) is 27.6. The number of nitrogens with one attached hydrogen (secondary N) is 1. The van der Waals surface area contributed by atoms with Crippen molar-refractivity contribution in [2.24, 2.45) is 5.73 Å². The van der Waals surface area contributed by atoms with Crippen LogP contribution in [0.3, 0.4) is 0 Å². The van der Waals surface area contributed by atoms with E-state index in [2.05, 4.69) is 5.32 Å². The van der Waals surface area contributed by atoms with Crippen molar-refractivity contribution in [1.82, 2.24) is 4.90 Å². The van der Waals surface area contributed by atoms with Crippen LogP contribution in [-0.4, -0.2) is 48.1 Å². The van der Waals surface area contributed by atoms with Crippen LogP contribution in [0, 0.1) is 0 Å². The SMILES string of the molecule is NC(=O)c1c(NC(=O)CN(CCO)CCc2ccccc2)sc2c1CCCC2. The van der Waals surface area contributed by atoms with Gasteiger partial charge in [0, 0.05) is 18.0 Å². The highest BCUT2D eigenvalue weighted by Crippen LogP contribution is 2.37. The molecule has 1 aliphatic rings. The van der Waals surface area contributed by atoms with Gasteiger partial charge in [-0.15, -0.1) is 11.3 Å². The molecule has 0 saturated carbocycles. The van der Waals surface area contributed by atoms with Gasteiger partial charge in [-0.3, -0.25) is 14.5 Å². The second-order valence-corrected chi connectivity index (χ2v) is 8.17. The standard InChI is InChI=1S/C21H27N3O3S/c22-20(27)19-16-8-4-5-9-17(16)28-21(19)23-18(26)14-24(12-13-25)11-10-15-6-2-1-3-7-15/h1-3,6-7,25H,4-5,8-14H2,(H2,22,27)(H,23,26). The first kappa shape index (κ1) is 20.5. The van der Waals surface area contributed by atoms with Crippen molar-refractivity contribution in [3.63, 3.8) is 0 Å². The number of primary amides is 1. The van der Waals surface area contributed by atoms with Crippen molar-refractivity contribution in [2.45, 2.75) is 32.1 Å². The van der Waals surface area contributed by atoms with E-state index in [1.165, 1.54) is 16.9 Å². The minimum Gasteiger partial charge on any atom is -0.395 e. The van der Waals surface area contributed by atoms with Crippen LogP contribution in [0.15, 0.2) is 30.3 Å². The first-order valence-electron chi connectivity index (χ1n) is 9.69. The molecule has 0 unspecified atom stereocenters. The Kier molecular flexibility index (Phi) is 7.19. The third-order valence-electron chi connectivity index (χ3n) is 5.01. The minimum absolute atomic E-state index is 0.0120. The molecule has 0 fully saturated rings. The number of hydrogen-bond donors (Lipinski definition) is 3. The van der Waals surface area contributed by atoms with E-state index < -0.39 is 5.91 Å². The zero-order chi connectivity index (χ0) is 19.9. The topological polar surface area (TPSA) is 95.7 Å². The molecule has 0 radical (unpaired) electrons. The fourth-order valence-corrected chi connectivity index (χ4v) is 4.94. The van der Waals surface area contributed by atoms with E-state index in [9.17, 15) is 14.7 Å². The summed E-state index contributed by atoms with van der Waals surface area (Å²) < 4.78 is 0. The summed E-state index contributed by atoms with van der Waals surface area (Å²) in [5.41, 5.74) is 8.27. The normalized spacial score (nSPS) is 13.4. The third kappa shape index (κ3) is 5.19. The van der Waals surface area contributed by atoms with Crippen LogP contribution in [-0.2, 0) is 24.1 Å². The summed E-state index contributed by atoms with van der Waals surface area (Å²) in [5, 5.41) is 12.8. The molecule has 1 aromatic heterocycles. The second-order valence-electron chi connectivity index (χ2n) is 7.06. The molecular weight excluding hydrogens is 374 g/mol. The van der Waals surface area contributed by atoms with Gasteiger partial charge >= 0.3 is 0 Å². The summed E-state index contributed by atoms with van der Waals surface area (Å²) in [5.74, 6) is -0.673. The fourth-order valence-electron chi connectivity index (χ4n) is 3.63. The van der Waals surface area contributed by atoms with Crippen molar-refractivity contribution in [3.05, 3.63) is 51.9 Å². The molecule has 6 nitrogen and oxygen atoms in total. The molecule has 1 aliphatic carbocycles. The summed E-state index contributed by atoms with van der Waals surface area (Å²) in [6, 6.07) is 10.0. The number of aryl methyl sites for hydroxylation is 1. The Morgan fingerprint density at radius 3 is 2.61 bits per heavy atom. The lowest BCUT2D eigenvalue weighted by Gasteiger charge is -2.20. The van der Waals surface area contributed by atoms with Crippen LogP contribution in [0.5, 0.6) is 0 Å². The van der Waals surface area contributed by atoms with Crippen LogP contribution in [0.25, 0.3) is 0 Å². The molecule has 0 atom stereocenters. The zero-order valence-corrected chi connectivity index (χ0v) is 16.8. The molecule has 0 aliphatic heterocycles. The average molecular weight is 402 g/mol. The molecular formula is C21H27N3O3S. The van der Waals surface area contributed by atoms with E-state index in [-0.39, 0.29) is 19.1 Å². The predicted octanol–water partition coefficient (Wildman–Crippen LogP) is 2.20. The molecule has 4 N–H and O–H groups in total. The quantitative estimate of drug-likeness (QED) is 0.600. The van der Waals surface area contributed by atoms with Crippen molar-refractivity contribution in [3.8, 4) is 0 Å². The van der Waals surface area contributed by atoms with E-state index in [4.69, 9.17) is 5.73 Å². The molecule has 150 valence electrons. The van der Waals surface area contributed by atoms with Crippen LogP contribution in [0.4, 0.5) is 5.00 Å². The van der Waals surface area contributed by atoms with Gasteiger partial charge in [-0.25, -0.2) is 0 Å². The Bertz CT molecular complexity index is 820. The number of anilines is 1. The third-order valence-corrected chi connectivity index (χ3v) is 6.22. The van der Waals surface area contributed by atoms with Crippen LogP contribution in [0.2, 0.25) is 0 Å². The summed E-state index contributed by atoms with van der Waals surface area (Å²) >= 11 is 1.47. The largest absolute Gasteiger partial charge is 0.395 e. The number of hydrogen-bond acceptors (Lipinski definition) is 5. The van der Waals surface area contributed by atoms with E-state index in [1.807, 2.05) is 35.2 Å². The molecule has 1 heterocycles. The van der Waals surface area contributed by atoms with Crippen molar-refractivity contribution < 1.29 is 14.7 Å². The zero-order valence-electron chi connectivity index (χ0n) is 15.9. The van der Waals surface area contributed by atoms with Gasteiger partial charge in [-0.2, -0.15) is 0 Å². The van der Waals surface area contributed by atoms with E-state index in [0.29, 0.717) is 23.7 Å². The second kappa shape index (κ2) is 9.82. The Morgan fingerprint density at radius 2 is 1.89 bits per heavy atom. The Balaban J connectivity index is 1.64. The number of thiophene rings is 1. The molecule has 0 spiro atoms. The molecule has 0 bridgehead atoms. The van der Waals surface area contributed by atoms with Gasteiger partial charge in [0.1, 0.15) is 5.00 Å². The number of fused-ring (bicyclic) bond motifs is 1. The lowest BCUT2D eigenvalue weighted by Crippen LogP contribution is -2.36. The molecule has 7 heteroatoms. The van der Waals surface area contributed by atoms with Crippen LogP contribution in [0.1, 0.15) is 39.2 Å². The molecule has 1 aromatic carbocycles. The molecule has 0 saturated heterocycles. The Labute approximate surface area is 169 Å². The lowest BCUT2D eigenvalue weighted by molar-refractivity contribution is -0.117. The van der Waals surface area contributed by atoms with Crippen molar-refractivity contribution in [1.29, 1.82) is 0 Å². The number of carbonyl (C=O) groups excluding carboxylic acids is 2. The van der Waals surface area contributed by atoms with Gasteiger partial charge in [-0.1, -0.05) is 30.3 Å². The molecule has 2 amide bonds. The fraction of sp³-hybridized carbons (Fsp3) is 0.429. The number of carbonyl (C=O) groups is 2. The number of aliphatic hydroxyl groups excluding tert-OH is 1. The molecule has 28 heavy (non-hydrogen) atoms. The van der Waals surface area contributed by atoms with Crippen molar-refractivity contribution >= 4 is 28.2 Å². The number of aliphatic hydroxyl groups is 1. The maximum absolute atomic E-state index is 12.6. The van der Waals surface area contributed by atoms with E-state index in [0.717, 1.165) is 42.5 Å². The van der Waals surface area contributed by atoms with E-state index >= 15 is 0 Å². The van der Waals surface area contributed by atoms with Crippen molar-refractivity contribution in [2.75, 3.05) is 31.6 Å². The van der Waals surface area contributed by atoms with Crippen LogP contribution >= 0.6 is 11.3 Å². The van der Waals surface area contributed by atoms with Crippen LogP contribution < -0.4 is 11.1 Å². The maximum atomic E-state index is 12.6. The maximum Gasteiger partial charge on any atom is 0.251 e. The highest BCUT2D eigenvalue weighted by Gasteiger charge is 2.25. The van der Waals surface area contributed by atoms with Gasteiger partial charge in [0.25, 0.3) is 5.91 Å². The highest BCUT2D eigenvalue weighted by atomic mass is 32.1. The number of benzene rings is 1. The van der Waals surface area contributed by atoms with E-state index in [1.54, 1.807) is 0 Å². The first-order valence-corrected chi connectivity index (χ1v) is 10.5.